The minimum Gasteiger partial charge on any atom is -0.365 e. The van der Waals surface area contributed by atoms with Crippen LogP contribution in [0.1, 0.15) is 36.8 Å². The van der Waals surface area contributed by atoms with Gasteiger partial charge in [0.1, 0.15) is 11.6 Å². The third kappa shape index (κ3) is 3.77. The predicted octanol–water partition coefficient (Wildman–Crippen LogP) is 1.60. The maximum atomic E-state index is 4.84. The summed E-state index contributed by atoms with van der Waals surface area (Å²) in [5.74, 6) is 2.79. The summed E-state index contributed by atoms with van der Waals surface area (Å²) in [5.41, 5.74) is 2.50. The Bertz CT molecular complexity index is 734. The van der Waals surface area contributed by atoms with Crippen LogP contribution in [0.5, 0.6) is 0 Å². The molecule has 1 saturated heterocycles. The largest absolute Gasteiger partial charge is 0.365 e. The van der Waals surface area contributed by atoms with E-state index in [0.717, 1.165) is 75.9 Å². The number of piperidine rings is 1. The van der Waals surface area contributed by atoms with E-state index in [2.05, 4.69) is 32.4 Å². The normalized spacial score (nSPS) is 20.3. The van der Waals surface area contributed by atoms with Crippen LogP contribution < -0.4 is 15.5 Å². The molecule has 138 valence electrons. The number of fused-ring (bicyclic) bond motifs is 1. The van der Waals surface area contributed by atoms with E-state index in [-0.39, 0.29) is 0 Å². The van der Waals surface area contributed by atoms with Gasteiger partial charge in [-0.1, -0.05) is 6.92 Å². The van der Waals surface area contributed by atoms with Crippen LogP contribution in [0.4, 0.5) is 11.8 Å². The lowest BCUT2D eigenvalue weighted by atomic mass is 10.0. The van der Waals surface area contributed by atoms with Crippen LogP contribution in [0.3, 0.4) is 0 Å². The second-order valence-electron chi connectivity index (χ2n) is 7.00. The van der Waals surface area contributed by atoms with Gasteiger partial charge < -0.3 is 15.5 Å². The Balaban J connectivity index is 1.54. The highest BCUT2D eigenvalue weighted by Crippen LogP contribution is 2.24. The van der Waals surface area contributed by atoms with E-state index in [4.69, 9.17) is 9.97 Å². The highest BCUT2D eigenvalue weighted by Gasteiger charge is 2.24. The maximum Gasteiger partial charge on any atom is 0.225 e. The third-order valence-corrected chi connectivity index (χ3v) is 5.14. The van der Waals surface area contributed by atoms with E-state index in [0.29, 0.717) is 6.04 Å². The van der Waals surface area contributed by atoms with Gasteiger partial charge in [0.25, 0.3) is 0 Å². The summed E-state index contributed by atoms with van der Waals surface area (Å²) >= 11 is 0. The van der Waals surface area contributed by atoms with Crippen LogP contribution in [-0.4, -0.2) is 52.2 Å². The van der Waals surface area contributed by atoms with Crippen molar-refractivity contribution in [2.24, 2.45) is 0 Å². The lowest BCUT2D eigenvalue weighted by Crippen LogP contribution is -2.43. The number of anilines is 2. The molecule has 0 aliphatic carbocycles. The van der Waals surface area contributed by atoms with Crippen molar-refractivity contribution >= 4 is 11.8 Å². The van der Waals surface area contributed by atoms with E-state index in [1.165, 1.54) is 11.3 Å². The summed E-state index contributed by atoms with van der Waals surface area (Å²) in [4.78, 5) is 20.7. The summed E-state index contributed by atoms with van der Waals surface area (Å²) in [6.07, 6.45) is 8.72. The molecule has 2 aliphatic rings. The monoisotopic (exact) mass is 353 g/mol. The minimum atomic E-state index is 0.354. The predicted molar refractivity (Wildman–Crippen MR) is 103 cm³/mol. The van der Waals surface area contributed by atoms with Crippen molar-refractivity contribution in [1.29, 1.82) is 0 Å². The first kappa shape index (κ1) is 17.1. The molecule has 2 aromatic heterocycles. The quantitative estimate of drug-likeness (QED) is 0.864. The van der Waals surface area contributed by atoms with Gasteiger partial charge in [-0.05, 0) is 31.9 Å². The molecule has 2 N–H and O–H groups in total. The second-order valence-corrected chi connectivity index (χ2v) is 7.00. The molecule has 4 rings (SSSR count). The van der Waals surface area contributed by atoms with Gasteiger partial charge in [-0.25, -0.2) is 19.9 Å². The van der Waals surface area contributed by atoms with E-state index in [1.54, 1.807) is 0 Å². The third-order valence-electron chi connectivity index (χ3n) is 5.14. The van der Waals surface area contributed by atoms with E-state index in [1.807, 2.05) is 18.5 Å². The first-order chi connectivity index (χ1) is 12.8. The molecule has 1 fully saturated rings. The molecule has 0 aromatic carbocycles. The molecule has 1 atom stereocenters. The average molecular weight is 353 g/mol. The molecular weight excluding hydrogens is 326 g/mol. The van der Waals surface area contributed by atoms with Crippen LogP contribution in [0.15, 0.2) is 18.5 Å². The summed E-state index contributed by atoms with van der Waals surface area (Å²) in [7, 11) is 0. The first-order valence-electron chi connectivity index (χ1n) is 9.71. The number of aryl methyl sites for hydroxylation is 1. The van der Waals surface area contributed by atoms with Crippen LogP contribution >= 0.6 is 0 Å². The van der Waals surface area contributed by atoms with Crippen molar-refractivity contribution < 1.29 is 0 Å². The zero-order valence-electron chi connectivity index (χ0n) is 15.4. The van der Waals surface area contributed by atoms with Crippen molar-refractivity contribution in [1.82, 2.24) is 25.3 Å². The SMILES string of the molecule is CCc1nc2c(c(N[C@@H]3CCCN(c4ncccn4)C3)n1)CCNCC2. The van der Waals surface area contributed by atoms with Gasteiger partial charge in [0.05, 0.1) is 5.69 Å². The molecule has 2 aromatic rings. The zero-order chi connectivity index (χ0) is 17.8. The van der Waals surface area contributed by atoms with Gasteiger partial charge in [-0.2, -0.15) is 0 Å². The molecule has 0 spiro atoms. The van der Waals surface area contributed by atoms with Crippen molar-refractivity contribution in [2.45, 2.75) is 45.1 Å². The minimum absolute atomic E-state index is 0.354. The number of rotatable bonds is 4. The van der Waals surface area contributed by atoms with Crippen LogP contribution in [0, 0.1) is 0 Å². The van der Waals surface area contributed by atoms with Gasteiger partial charge in [-0.15, -0.1) is 0 Å². The van der Waals surface area contributed by atoms with E-state index < -0.39 is 0 Å². The van der Waals surface area contributed by atoms with Crippen LogP contribution in [-0.2, 0) is 19.3 Å². The van der Waals surface area contributed by atoms with E-state index in [9.17, 15) is 0 Å². The molecule has 0 saturated carbocycles. The smallest absolute Gasteiger partial charge is 0.225 e. The molecule has 0 bridgehead atoms. The lowest BCUT2D eigenvalue weighted by Gasteiger charge is -2.33. The molecule has 7 heteroatoms. The van der Waals surface area contributed by atoms with Gasteiger partial charge in [0.15, 0.2) is 0 Å². The molecule has 26 heavy (non-hydrogen) atoms. The Hall–Kier alpha value is -2.28. The summed E-state index contributed by atoms with van der Waals surface area (Å²) < 4.78 is 0. The molecule has 2 aliphatic heterocycles. The summed E-state index contributed by atoms with van der Waals surface area (Å²) in [6, 6.07) is 2.21. The number of aromatic nitrogens is 4. The highest BCUT2D eigenvalue weighted by atomic mass is 15.3. The van der Waals surface area contributed by atoms with Crippen LogP contribution in [0.25, 0.3) is 0 Å². The summed E-state index contributed by atoms with van der Waals surface area (Å²) in [6.45, 7) is 6.02. The Morgan fingerprint density at radius 3 is 2.88 bits per heavy atom. The molecule has 0 unspecified atom stereocenters. The summed E-state index contributed by atoms with van der Waals surface area (Å²) in [5, 5.41) is 7.21. The van der Waals surface area contributed by atoms with Gasteiger partial charge >= 0.3 is 0 Å². The fourth-order valence-corrected chi connectivity index (χ4v) is 3.80. The number of nitrogens with zero attached hydrogens (tertiary/aromatic N) is 5. The fraction of sp³-hybridized carbons (Fsp3) is 0.579. The Labute approximate surface area is 154 Å². The lowest BCUT2D eigenvalue weighted by molar-refractivity contribution is 0.521. The number of hydrogen-bond acceptors (Lipinski definition) is 7. The highest BCUT2D eigenvalue weighted by molar-refractivity contribution is 5.49. The Kier molecular flexibility index (Phi) is 5.24. The Morgan fingerprint density at radius 1 is 1.19 bits per heavy atom. The Morgan fingerprint density at radius 2 is 2.04 bits per heavy atom. The van der Waals surface area contributed by atoms with Crippen molar-refractivity contribution in [2.75, 3.05) is 36.4 Å². The molecule has 7 nitrogen and oxygen atoms in total. The maximum absolute atomic E-state index is 4.84. The molecule has 0 amide bonds. The topological polar surface area (TPSA) is 78.9 Å². The number of hydrogen-bond donors (Lipinski definition) is 2. The van der Waals surface area contributed by atoms with Gasteiger partial charge in [0, 0.05) is 56.5 Å². The van der Waals surface area contributed by atoms with Crippen molar-refractivity contribution in [3.63, 3.8) is 0 Å². The van der Waals surface area contributed by atoms with Gasteiger partial charge in [-0.3, -0.25) is 0 Å². The molecule has 4 heterocycles. The van der Waals surface area contributed by atoms with Crippen molar-refractivity contribution in [3.8, 4) is 0 Å². The van der Waals surface area contributed by atoms with Crippen molar-refractivity contribution in [3.05, 3.63) is 35.5 Å². The van der Waals surface area contributed by atoms with Crippen LogP contribution in [0.2, 0.25) is 0 Å². The molecular formula is C19H27N7. The fourth-order valence-electron chi connectivity index (χ4n) is 3.80. The molecule has 0 radical (unpaired) electrons. The second kappa shape index (κ2) is 7.95. The van der Waals surface area contributed by atoms with E-state index >= 15 is 0 Å². The number of nitrogens with one attached hydrogen (secondary N) is 2. The average Bonchev–Trinajstić information content (AvgIpc) is 2.94. The first-order valence-corrected chi connectivity index (χ1v) is 9.71. The standard InChI is InChI=1S/C19H27N7/c1-2-17-24-16-7-11-20-10-6-15(16)18(25-17)23-14-5-3-12-26(13-14)19-21-8-4-9-22-19/h4,8-9,14,20H,2-3,5-7,10-13H2,1H3,(H,23,24,25)/t14-/m1/s1. The zero-order valence-corrected chi connectivity index (χ0v) is 15.4. The van der Waals surface area contributed by atoms with Gasteiger partial charge in [0.2, 0.25) is 5.95 Å².